The quantitative estimate of drug-likeness (QED) is 0.742. The highest BCUT2D eigenvalue weighted by Gasteiger charge is 2.33. The predicted octanol–water partition coefficient (Wildman–Crippen LogP) is 4.02. The van der Waals surface area contributed by atoms with Gasteiger partial charge < -0.3 is 4.79 Å². The predicted molar refractivity (Wildman–Crippen MR) is 70.0 cm³/mol. The Hall–Kier alpha value is -2.03. The molecule has 0 spiro atoms. The van der Waals surface area contributed by atoms with Gasteiger partial charge in [0.2, 0.25) is 0 Å². The highest BCUT2D eigenvalue weighted by atomic mass is 19.1. The van der Waals surface area contributed by atoms with Crippen LogP contribution in [0.15, 0.2) is 54.6 Å². The molecule has 0 aliphatic heterocycles. The molecule has 0 amide bonds. The Kier molecular flexibility index (Phi) is 4.05. The molecule has 1 unspecified atom stereocenters. The van der Waals surface area contributed by atoms with Crippen LogP contribution in [0.3, 0.4) is 0 Å². The van der Waals surface area contributed by atoms with Gasteiger partial charge in [0.15, 0.2) is 5.67 Å². The summed E-state index contributed by atoms with van der Waals surface area (Å²) >= 11 is 0. The molecule has 3 heteroatoms. The number of aldehydes is 1. The zero-order chi connectivity index (χ0) is 13.7. The second-order valence-corrected chi connectivity index (χ2v) is 4.38. The normalized spacial score (nSPS) is 13.8. The van der Waals surface area contributed by atoms with E-state index in [-0.39, 0.29) is 12.8 Å². The van der Waals surface area contributed by atoms with E-state index in [1.165, 1.54) is 24.3 Å². The molecule has 0 aliphatic rings. The molecule has 0 heterocycles. The van der Waals surface area contributed by atoms with Crippen molar-refractivity contribution in [3.8, 4) is 0 Å². The average Bonchev–Trinajstić information content (AvgIpc) is 2.46. The lowest BCUT2D eigenvalue weighted by Crippen LogP contribution is -2.22. The van der Waals surface area contributed by atoms with Crippen LogP contribution in [0.25, 0.3) is 0 Å². The number of alkyl halides is 1. The molecule has 19 heavy (non-hydrogen) atoms. The van der Waals surface area contributed by atoms with Crippen molar-refractivity contribution in [2.24, 2.45) is 0 Å². The third-order valence-corrected chi connectivity index (χ3v) is 3.14. The monoisotopic (exact) mass is 260 g/mol. The van der Waals surface area contributed by atoms with Gasteiger partial charge in [-0.2, -0.15) is 0 Å². The van der Waals surface area contributed by atoms with Gasteiger partial charge >= 0.3 is 0 Å². The SMILES string of the molecule is O=CCCC(F)(c1ccccc1)c1ccc(F)cc1. The van der Waals surface area contributed by atoms with E-state index < -0.39 is 11.5 Å². The molecule has 2 aromatic carbocycles. The van der Waals surface area contributed by atoms with Gasteiger partial charge in [-0.1, -0.05) is 42.5 Å². The van der Waals surface area contributed by atoms with E-state index in [1.54, 1.807) is 30.3 Å². The first-order valence-electron chi connectivity index (χ1n) is 6.11. The molecule has 0 fully saturated rings. The third-order valence-electron chi connectivity index (χ3n) is 3.14. The highest BCUT2D eigenvalue weighted by Crippen LogP contribution is 2.38. The van der Waals surface area contributed by atoms with Gasteiger partial charge in [0.05, 0.1) is 0 Å². The Morgan fingerprint density at radius 3 is 2.11 bits per heavy atom. The van der Waals surface area contributed by atoms with Crippen molar-refractivity contribution in [3.63, 3.8) is 0 Å². The minimum atomic E-state index is -1.77. The number of hydrogen-bond acceptors (Lipinski definition) is 1. The molecule has 1 nitrogen and oxygen atoms in total. The van der Waals surface area contributed by atoms with Crippen molar-refractivity contribution >= 4 is 6.29 Å². The Labute approximate surface area is 110 Å². The van der Waals surface area contributed by atoms with Crippen LogP contribution in [0.2, 0.25) is 0 Å². The standard InChI is InChI=1S/C16H14F2O/c17-15-9-7-14(8-10-15)16(18,11-4-12-19)13-5-2-1-3-6-13/h1-3,5-10,12H,4,11H2. The summed E-state index contributed by atoms with van der Waals surface area (Å²) in [5.74, 6) is -0.408. The van der Waals surface area contributed by atoms with E-state index >= 15 is 4.39 Å². The van der Waals surface area contributed by atoms with Gasteiger partial charge in [-0.05, 0) is 29.7 Å². The summed E-state index contributed by atoms with van der Waals surface area (Å²) < 4.78 is 28.2. The fourth-order valence-corrected chi connectivity index (χ4v) is 2.13. The van der Waals surface area contributed by atoms with Crippen molar-refractivity contribution in [1.29, 1.82) is 0 Å². The Morgan fingerprint density at radius 2 is 1.53 bits per heavy atom. The van der Waals surface area contributed by atoms with Crippen LogP contribution in [0.1, 0.15) is 24.0 Å². The lowest BCUT2D eigenvalue weighted by Gasteiger charge is -2.26. The molecular weight excluding hydrogens is 246 g/mol. The van der Waals surface area contributed by atoms with Gasteiger partial charge in [0.1, 0.15) is 12.1 Å². The molecular formula is C16H14F2O. The highest BCUT2D eigenvalue weighted by molar-refractivity contribution is 5.50. The lowest BCUT2D eigenvalue weighted by atomic mass is 9.84. The van der Waals surface area contributed by atoms with Gasteiger partial charge in [-0.25, -0.2) is 8.78 Å². The average molecular weight is 260 g/mol. The first-order chi connectivity index (χ1) is 9.16. The first-order valence-corrected chi connectivity index (χ1v) is 6.11. The van der Waals surface area contributed by atoms with Gasteiger partial charge in [-0.15, -0.1) is 0 Å². The molecule has 0 aromatic heterocycles. The molecule has 2 rings (SSSR count). The maximum Gasteiger partial charge on any atom is 0.161 e. The van der Waals surface area contributed by atoms with Gasteiger partial charge in [0, 0.05) is 6.42 Å². The maximum atomic E-state index is 15.3. The van der Waals surface area contributed by atoms with Crippen molar-refractivity contribution in [2.75, 3.05) is 0 Å². The summed E-state index contributed by atoms with van der Waals surface area (Å²) in [6, 6.07) is 13.9. The molecule has 98 valence electrons. The van der Waals surface area contributed by atoms with Crippen molar-refractivity contribution in [2.45, 2.75) is 18.5 Å². The van der Waals surface area contributed by atoms with E-state index in [0.29, 0.717) is 17.4 Å². The minimum Gasteiger partial charge on any atom is -0.303 e. The van der Waals surface area contributed by atoms with Crippen molar-refractivity contribution in [3.05, 3.63) is 71.5 Å². The zero-order valence-electron chi connectivity index (χ0n) is 10.4. The second kappa shape index (κ2) is 5.74. The Morgan fingerprint density at radius 1 is 0.947 bits per heavy atom. The van der Waals surface area contributed by atoms with Crippen LogP contribution in [0, 0.1) is 5.82 Å². The molecule has 2 aromatic rings. The molecule has 0 aliphatic carbocycles. The largest absolute Gasteiger partial charge is 0.303 e. The molecule has 0 radical (unpaired) electrons. The number of halogens is 2. The minimum absolute atomic E-state index is 0.0478. The van der Waals surface area contributed by atoms with E-state index in [2.05, 4.69) is 0 Å². The number of hydrogen-bond donors (Lipinski definition) is 0. The van der Waals surface area contributed by atoms with Gasteiger partial charge in [0.25, 0.3) is 0 Å². The van der Waals surface area contributed by atoms with Crippen LogP contribution in [0.5, 0.6) is 0 Å². The van der Waals surface area contributed by atoms with Gasteiger partial charge in [-0.3, -0.25) is 0 Å². The first kappa shape index (κ1) is 13.4. The Bertz CT molecular complexity index is 536. The fraction of sp³-hybridized carbons (Fsp3) is 0.188. The summed E-state index contributed by atoms with van der Waals surface area (Å²) in [6.07, 6.45) is 0.857. The van der Waals surface area contributed by atoms with Crippen LogP contribution in [-0.4, -0.2) is 6.29 Å². The van der Waals surface area contributed by atoms with Crippen LogP contribution < -0.4 is 0 Å². The Balaban J connectivity index is 2.45. The molecule has 0 bridgehead atoms. The lowest BCUT2D eigenvalue weighted by molar-refractivity contribution is -0.108. The number of carbonyl (C=O) groups is 1. The van der Waals surface area contributed by atoms with E-state index in [1.807, 2.05) is 0 Å². The third kappa shape index (κ3) is 2.87. The van der Waals surface area contributed by atoms with Crippen LogP contribution >= 0.6 is 0 Å². The molecule has 0 N–H and O–H groups in total. The number of carbonyl (C=O) groups excluding carboxylic acids is 1. The van der Waals surface area contributed by atoms with Crippen molar-refractivity contribution in [1.82, 2.24) is 0 Å². The van der Waals surface area contributed by atoms with E-state index in [4.69, 9.17) is 0 Å². The number of rotatable bonds is 5. The number of benzene rings is 2. The summed E-state index contributed by atoms with van der Waals surface area (Å²) in [6.45, 7) is 0. The topological polar surface area (TPSA) is 17.1 Å². The van der Waals surface area contributed by atoms with E-state index in [9.17, 15) is 9.18 Å². The zero-order valence-corrected chi connectivity index (χ0v) is 10.4. The maximum absolute atomic E-state index is 15.3. The smallest absolute Gasteiger partial charge is 0.161 e. The van der Waals surface area contributed by atoms with Crippen molar-refractivity contribution < 1.29 is 13.6 Å². The summed E-state index contributed by atoms with van der Waals surface area (Å²) in [5.41, 5.74) is -0.930. The summed E-state index contributed by atoms with van der Waals surface area (Å²) in [5, 5.41) is 0. The van der Waals surface area contributed by atoms with Crippen LogP contribution in [-0.2, 0) is 10.5 Å². The molecule has 0 saturated heterocycles. The molecule has 1 atom stereocenters. The summed E-state index contributed by atoms with van der Waals surface area (Å²) in [4.78, 5) is 10.5. The fourth-order valence-electron chi connectivity index (χ4n) is 2.13. The van der Waals surface area contributed by atoms with Crippen LogP contribution in [0.4, 0.5) is 8.78 Å². The van der Waals surface area contributed by atoms with E-state index in [0.717, 1.165) is 0 Å². The summed E-state index contributed by atoms with van der Waals surface area (Å²) in [7, 11) is 0. The molecule has 0 saturated carbocycles. The second-order valence-electron chi connectivity index (χ2n) is 4.38.